The van der Waals surface area contributed by atoms with Gasteiger partial charge >= 0.3 is 0 Å². The van der Waals surface area contributed by atoms with Gasteiger partial charge in [0.2, 0.25) is 0 Å². The number of fused-ring (bicyclic) bond motifs is 2. The molecule has 5 rings (SSSR count). The first-order valence-corrected chi connectivity index (χ1v) is 10.7. The average Bonchev–Trinajstić information content (AvgIpc) is 3.39. The Balaban J connectivity index is 1.36. The van der Waals surface area contributed by atoms with Crippen LogP contribution in [-0.2, 0) is 0 Å². The van der Waals surface area contributed by atoms with E-state index >= 15 is 4.39 Å². The Morgan fingerprint density at radius 2 is 2.13 bits per heavy atom. The van der Waals surface area contributed by atoms with Crippen molar-refractivity contribution in [1.82, 2.24) is 30.5 Å². The third-order valence-electron chi connectivity index (χ3n) is 6.08. The predicted octanol–water partition coefficient (Wildman–Crippen LogP) is 3.19. The Labute approximate surface area is 177 Å². The molecule has 0 saturated carbocycles. The summed E-state index contributed by atoms with van der Waals surface area (Å²) in [6.45, 7) is 5.87. The Morgan fingerprint density at radius 3 is 2.87 bits per heavy atom. The fourth-order valence-electron chi connectivity index (χ4n) is 4.55. The molecule has 30 heavy (non-hydrogen) atoms. The van der Waals surface area contributed by atoms with Gasteiger partial charge < -0.3 is 15.2 Å². The summed E-state index contributed by atoms with van der Waals surface area (Å²) in [5, 5.41) is 31.3. The van der Waals surface area contributed by atoms with E-state index in [0.29, 0.717) is 27.9 Å². The molecule has 2 bridgehead atoms. The van der Waals surface area contributed by atoms with Crippen LogP contribution in [0.1, 0.15) is 38.8 Å². The second kappa shape index (κ2) is 6.71. The number of aromatic hydroxyl groups is 1. The number of rotatable bonds is 4. The summed E-state index contributed by atoms with van der Waals surface area (Å²) in [7, 11) is 0. The molecule has 2 aliphatic heterocycles. The molecule has 4 heterocycles. The number of halogens is 1. The predicted molar refractivity (Wildman–Crippen MR) is 110 cm³/mol. The Morgan fingerprint density at radius 1 is 1.30 bits per heavy atom. The van der Waals surface area contributed by atoms with Crippen molar-refractivity contribution in [2.24, 2.45) is 0 Å². The van der Waals surface area contributed by atoms with Gasteiger partial charge in [-0.05, 0) is 45.7 Å². The number of nitrogens with zero attached hydrogens (tertiary/aromatic N) is 5. The lowest BCUT2D eigenvalue weighted by atomic mass is 9.85. The highest BCUT2D eigenvalue weighted by Crippen LogP contribution is 2.45. The lowest BCUT2D eigenvalue weighted by Crippen LogP contribution is -2.63. The monoisotopic (exact) mass is 430 g/mol. The van der Waals surface area contributed by atoms with Crippen molar-refractivity contribution in [1.29, 1.82) is 0 Å². The zero-order valence-electron chi connectivity index (χ0n) is 17.0. The first-order chi connectivity index (χ1) is 14.2. The molecule has 0 spiro atoms. The fraction of sp³-hybridized carbons (Fsp3) is 0.500. The summed E-state index contributed by atoms with van der Waals surface area (Å²) in [5.41, 5.74) is 1.25. The minimum Gasteiger partial charge on any atom is -0.507 e. The molecule has 2 saturated heterocycles. The van der Waals surface area contributed by atoms with Gasteiger partial charge in [0.1, 0.15) is 11.9 Å². The molecule has 2 aliphatic rings. The highest BCUT2D eigenvalue weighted by molar-refractivity contribution is 7.16. The number of alkyl halides is 1. The van der Waals surface area contributed by atoms with Crippen molar-refractivity contribution in [2.45, 2.75) is 63.4 Å². The lowest BCUT2D eigenvalue weighted by molar-refractivity contribution is -0.00735. The minimum absolute atomic E-state index is 0.0356. The molecule has 0 radical (unpaired) electrons. The standard InChI is InChI=1S/C20H23FN6O2S/c1-11-10-22-27(25-11)12-4-5-13(14(28)8-12)17-23-24-18(30-17)29-15-9-19(2)6-7-20(3,26-19)16(15)21/h4-5,8,10,15-16,26,28H,6-7,9H2,1-3H3/t15-,16+,19-,20+/m0/s1. The van der Waals surface area contributed by atoms with Gasteiger partial charge in [-0.2, -0.15) is 15.0 Å². The van der Waals surface area contributed by atoms with Crippen molar-refractivity contribution < 1.29 is 14.2 Å². The van der Waals surface area contributed by atoms with Crippen molar-refractivity contribution in [3.8, 4) is 27.2 Å². The van der Waals surface area contributed by atoms with Crippen LogP contribution in [0.3, 0.4) is 0 Å². The van der Waals surface area contributed by atoms with Gasteiger partial charge in [-0.1, -0.05) is 16.4 Å². The number of phenols is 1. The smallest absolute Gasteiger partial charge is 0.294 e. The quantitative estimate of drug-likeness (QED) is 0.656. The van der Waals surface area contributed by atoms with Gasteiger partial charge in [0, 0.05) is 18.0 Å². The Bertz CT molecular complexity index is 1100. The van der Waals surface area contributed by atoms with Crippen molar-refractivity contribution >= 4 is 11.3 Å². The first-order valence-electron chi connectivity index (χ1n) is 9.91. The molecule has 2 N–H and O–H groups in total. The number of phenolic OH excluding ortho intramolecular Hbond substituents is 1. The molecule has 0 unspecified atom stereocenters. The van der Waals surface area contributed by atoms with E-state index in [4.69, 9.17) is 4.74 Å². The van der Waals surface area contributed by atoms with E-state index in [-0.39, 0.29) is 11.3 Å². The zero-order chi connectivity index (χ0) is 21.1. The third-order valence-corrected chi connectivity index (χ3v) is 6.93. The molecule has 10 heteroatoms. The maximum absolute atomic E-state index is 15.1. The molecule has 0 amide bonds. The van der Waals surface area contributed by atoms with E-state index in [1.54, 1.807) is 24.4 Å². The molecular weight excluding hydrogens is 407 g/mol. The van der Waals surface area contributed by atoms with Crippen LogP contribution in [0.5, 0.6) is 10.9 Å². The van der Waals surface area contributed by atoms with Crippen molar-refractivity contribution in [3.05, 3.63) is 30.1 Å². The van der Waals surface area contributed by atoms with Crippen LogP contribution in [0.4, 0.5) is 4.39 Å². The van der Waals surface area contributed by atoms with E-state index in [2.05, 4.69) is 32.6 Å². The van der Waals surface area contributed by atoms with Crippen LogP contribution in [0.2, 0.25) is 0 Å². The van der Waals surface area contributed by atoms with E-state index < -0.39 is 17.8 Å². The fourth-order valence-corrected chi connectivity index (χ4v) is 5.34. The zero-order valence-corrected chi connectivity index (χ0v) is 17.8. The topological polar surface area (TPSA) is 98.0 Å². The summed E-state index contributed by atoms with van der Waals surface area (Å²) >= 11 is 1.19. The van der Waals surface area contributed by atoms with Crippen molar-refractivity contribution in [3.63, 3.8) is 0 Å². The number of hydrogen-bond donors (Lipinski definition) is 2. The number of ether oxygens (including phenoxy) is 1. The van der Waals surface area contributed by atoms with Gasteiger partial charge in [-0.3, -0.25) is 0 Å². The number of aryl methyl sites for hydroxylation is 1. The second-order valence-corrected chi connectivity index (χ2v) is 9.66. The number of aromatic nitrogens is 5. The summed E-state index contributed by atoms with van der Waals surface area (Å²) < 4.78 is 21.0. The molecule has 158 valence electrons. The highest BCUT2D eigenvalue weighted by Gasteiger charge is 2.56. The van der Waals surface area contributed by atoms with E-state index in [1.807, 2.05) is 13.8 Å². The molecule has 3 aromatic rings. The number of benzene rings is 1. The highest BCUT2D eigenvalue weighted by atomic mass is 32.1. The second-order valence-electron chi connectivity index (χ2n) is 8.72. The molecule has 8 nitrogen and oxygen atoms in total. The van der Waals surface area contributed by atoms with Crippen molar-refractivity contribution in [2.75, 3.05) is 0 Å². The summed E-state index contributed by atoms with van der Waals surface area (Å²) in [6, 6.07) is 5.10. The van der Waals surface area contributed by atoms with Gasteiger partial charge in [0.25, 0.3) is 5.19 Å². The Kier molecular flexibility index (Phi) is 4.33. The average molecular weight is 431 g/mol. The molecule has 2 fully saturated rings. The summed E-state index contributed by atoms with van der Waals surface area (Å²) in [6.07, 6.45) is 2.24. The third kappa shape index (κ3) is 3.24. The van der Waals surface area contributed by atoms with Crippen LogP contribution >= 0.6 is 11.3 Å². The normalized spacial score (nSPS) is 30.5. The van der Waals surface area contributed by atoms with Gasteiger partial charge in [0.05, 0.1) is 28.7 Å². The SMILES string of the molecule is Cc1cnn(-c2ccc(-c3nnc(O[C@H]4C[C@]5(C)CC[C@@](C)(N5)[C@@H]4F)s3)c(O)c2)n1. The number of piperidine rings is 1. The van der Waals surface area contributed by atoms with Crippen LogP contribution in [0.15, 0.2) is 24.4 Å². The molecular formula is C20H23FN6O2S. The molecule has 1 aromatic carbocycles. The molecule has 4 atom stereocenters. The Hall–Kier alpha value is -2.59. The number of nitrogens with one attached hydrogen (secondary N) is 1. The van der Waals surface area contributed by atoms with Gasteiger partial charge in [-0.25, -0.2) is 4.39 Å². The largest absolute Gasteiger partial charge is 0.507 e. The molecule has 2 aromatic heterocycles. The van der Waals surface area contributed by atoms with E-state index in [0.717, 1.165) is 18.5 Å². The van der Waals surface area contributed by atoms with Gasteiger partial charge in [0.15, 0.2) is 11.2 Å². The van der Waals surface area contributed by atoms with Crippen LogP contribution in [0.25, 0.3) is 16.3 Å². The van der Waals surface area contributed by atoms with Crippen LogP contribution in [-0.4, -0.2) is 53.7 Å². The lowest BCUT2D eigenvalue weighted by Gasteiger charge is -2.43. The van der Waals surface area contributed by atoms with E-state index in [1.165, 1.54) is 16.1 Å². The molecule has 0 aliphatic carbocycles. The minimum atomic E-state index is -1.13. The summed E-state index contributed by atoms with van der Waals surface area (Å²) in [4.78, 5) is 1.45. The first kappa shape index (κ1) is 19.4. The van der Waals surface area contributed by atoms with E-state index in [9.17, 15) is 5.11 Å². The summed E-state index contributed by atoms with van der Waals surface area (Å²) in [5.74, 6) is 0.0356. The number of hydrogen-bond acceptors (Lipinski definition) is 8. The van der Waals surface area contributed by atoms with Crippen LogP contribution in [0, 0.1) is 6.92 Å². The maximum atomic E-state index is 15.1. The van der Waals surface area contributed by atoms with Gasteiger partial charge in [-0.15, -0.1) is 5.10 Å². The maximum Gasteiger partial charge on any atom is 0.294 e. The van der Waals surface area contributed by atoms with Crippen LogP contribution < -0.4 is 10.1 Å².